The van der Waals surface area contributed by atoms with Crippen LogP contribution in [0.2, 0.25) is 0 Å². The minimum Gasteiger partial charge on any atom is -0.494 e. The molecule has 3 amide bonds. The van der Waals surface area contributed by atoms with Crippen LogP contribution in [0.5, 0.6) is 5.75 Å². The number of ether oxygens (including phenoxy) is 1. The van der Waals surface area contributed by atoms with Gasteiger partial charge in [0.05, 0.1) is 6.61 Å². The molecule has 0 unspecified atom stereocenters. The van der Waals surface area contributed by atoms with Gasteiger partial charge >= 0.3 is 6.03 Å². The SMILES string of the molecule is CCOc1ccc(NC(=O)N2CCC[C@H](c3cccc(C(=O)NCCN(CC)CC)c3)C2)cc1. The topological polar surface area (TPSA) is 73.9 Å². The Bertz CT molecular complexity index is 928. The third-order valence-corrected chi connectivity index (χ3v) is 6.35. The number of hydrogen-bond donors (Lipinski definition) is 2. The zero-order valence-corrected chi connectivity index (χ0v) is 20.7. The molecule has 0 aromatic heterocycles. The number of rotatable bonds is 10. The average Bonchev–Trinajstić information content (AvgIpc) is 2.88. The maximum Gasteiger partial charge on any atom is 0.321 e. The molecule has 0 spiro atoms. The van der Waals surface area contributed by atoms with E-state index in [2.05, 4.69) is 35.4 Å². The van der Waals surface area contributed by atoms with E-state index in [-0.39, 0.29) is 17.9 Å². The molecule has 3 rings (SSSR count). The van der Waals surface area contributed by atoms with Crippen LogP contribution in [0.15, 0.2) is 48.5 Å². The maximum atomic E-state index is 12.9. The average molecular weight is 467 g/mol. The van der Waals surface area contributed by atoms with Crippen LogP contribution in [0.3, 0.4) is 0 Å². The number of nitrogens with zero attached hydrogens (tertiary/aromatic N) is 2. The van der Waals surface area contributed by atoms with Crippen LogP contribution < -0.4 is 15.4 Å². The molecule has 0 bridgehead atoms. The van der Waals surface area contributed by atoms with E-state index >= 15 is 0 Å². The largest absolute Gasteiger partial charge is 0.494 e. The van der Waals surface area contributed by atoms with E-state index in [9.17, 15) is 9.59 Å². The Balaban J connectivity index is 1.56. The van der Waals surface area contributed by atoms with Crippen LogP contribution in [0, 0.1) is 0 Å². The van der Waals surface area contributed by atoms with Crippen molar-refractivity contribution in [3.63, 3.8) is 0 Å². The van der Waals surface area contributed by atoms with Crippen LogP contribution in [0.1, 0.15) is 55.5 Å². The third-order valence-electron chi connectivity index (χ3n) is 6.35. The lowest BCUT2D eigenvalue weighted by molar-refractivity contribution is 0.0948. The predicted octanol–water partition coefficient (Wildman–Crippen LogP) is 4.57. The summed E-state index contributed by atoms with van der Waals surface area (Å²) in [6, 6.07) is 15.2. The molecule has 34 heavy (non-hydrogen) atoms. The number of piperidine rings is 1. The summed E-state index contributed by atoms with van der Waals surface area (Å²) < 4.78 is 5.46. The second-order valence-electron chi connectivity index (χ2n) is 8.58. The minimum absolute atomic E-state index is 0.0464. The summed E-state index contributed by atoms with van der Waals surface area (Å²) >= 11 is 0. The molecule has 1 heterocycles. The molecule has 0 aliphatic carbocycles. The molecular formula is C27H38N4O3. The van der Waals surface area contributed by atoms with Gasteiger partial charge in [0, 0.05) is 43.3 Å². The van der Waals surface area contributed by atoms with Gasteiger partial charge in [0.2, 0.25) is 0 Å². The van der Waals surface area contributed by atoms with E-state index in [1.807, 2.05) is 54.3 Å². The number of nitrogens with one attached hydrogen (secondary N) is 2. The summed E-state index contributed by atoms with van der Waals surface area (Å²) in [6.07, 6.45) is 1.93. The van der Waals surface area contributed by atoms with Crippen LogP contribution >= 0.6 is 0 Å². The summed E-state index contributed by atoms with van der Waals surface area (Å²) in [7, 11) is 0. The van der Waals surface area contributed by atoms with Crippen molar-refractivity contribution in [3.05, 3.63) is 59.7 Å². The summed E-state index contributed by atoms with van der Waals surface area (Å²) in [5, 5.41) is 6.02. The van der Waals surface area contributed by atoms with E-state index in [0.717, 1.165) is 56.0 Å². The molecule has 2 N–H and O–H groups in total. The van der Waals surface area contributed by atoms with Crippen molar-refractivity contribution >= 4 is 17.6 Å². The summed E-state index contributed by atoms with van der Waals surface area (Å²) in [5.74, 6) is 0.952. The van der Waals surface area contributed by atoms with Gasteiger partial charge in [-0.05, 0) is 74.8 Å². The molecule has 0 saturated carbocycles. The number of carbonyl (C=O) groups is 2. The number of likely N-dealkylation sites (N-methyl/N-ethyl adjacent to an activating group) is 1. The Hall–Kier alpha value is -3.06. The first kappa shape index (κ1) is 25.6. The Morgan fingerprint density at radius 2 is 1.85 bits per heavy atom. The molecule has 0 radical (unpaired) electrons. The van der Waals surface area contributed by atoms with Crippen molar-refractivity contribution < 1.29 is 14.3 Å². The molecular weight excluding hydrogens is 428 g/mol. The molecule has 1 aliphatic rings. The lowest BCUT2D eigenvalue weighted by Crippen LogP contribution is -2.41. The van der Waals surface area contributed by atoms with Gasteiger partial charge in [0.1, 0.15) is 5.75 Å². The number of amides is 3. The Morgan fingerprint density at radius 3 is 2.56 bits per heavy atom. The Morgan fingerprint density at radius 1 is 1.09 bits per heavy atom. The third kappa shape index (κ3) is 7.22. The first-order valence-electron chi connectivity index (χ1n) is 12.4. The summed E-state index contributed by atoms with van der Waals surface area (Å²) in [4.78, 5) is 29.7. The van der Waals surface area contributed by atoms with E-state index in [0.29, 0.717) is 25.3 Å². The zero-order chi connectivity index (χ0) is 24.3. The first-order valence-corrected chi connectivity index (χ1v) is 12.4. The second kappa shape index (κ2) is 13.0. The molecule has 1 atom stereocenters. The van der Waals surface area contributed by atoms with Crippen molar-refractivity contribution in [2.75, 3.05) is 51.2 Å². The number of hydrogen-bond acceptors (Lipinski definition) is 4. The van der Waals surface area contributed by atoms with Crippen LogP contribution in [-0.2, 0) is 0 Å². The van der Waals surface area contributed by atoms with E-state index in [1.54, 1.807) is 0 Å². The minimum atomic E-state index is -0.0980. The van der Waals surface area contributed by atoms with Gasteiger partial charge in [-0.2, -0.15) is 0 Å². The van der Waals surface area contributed by atoms with Crippen molar-refractivity contribution in [3.8, 4) is 5.75 Å². The highest BCUT2D eigenvalue weighted by Gasteiger charge is 2.25. The lowest BCUT2D eigenvalue weighted by atomic mass is 9.89. The fraction of sp³-hybridized carbons (Fsp3) is 0.481. The fourth-order valence-electron chi connectivity index (χ4n) is 4.34. The number of likely N-dealkylation sites (tertiary alicyclic amines) is 1. The van der Waals surface area contributed by atoms with Crippen LogP contribution in [-0.4, -0.2) is 67.6 Å². The predicted molar refractivity (Wildman–Crippen MR) is 137 cm³/mol. The number of urea groups is 1. The van der Waals surface area contributed by atoms with Gasteiger partial charge in [-0.1, -0.05) is 26.0 Å². The molecule has 7 nitrogen and oxygen atoms in total. The number of anilines is 1. The van der Waals surface area contributed by atoms with Crippen LogP contribution in [0.4, 0.5) is 10.5 Å². The summed E-state index contributed by atoms with van der Waals surface area (Å²) in [5.41, 5.74) is 2.53. The summed E-state index contributed by atoms with van der Waals surface area (Å²) in [6.45, 7) is 11.6. The van der Waals surface area contributed by atoms with Crippen molar-refractivity contribution in [1.82, 2.24) is 15.1 Å². The molecule has 2 aromatic rings. The smallest absolute Gasteiger partial charge is 0.321 e. The Labute approximate surface area is 203 Å². The van der Waals surface area contributed by atoms with E-state index in [4.69, 9.17) is 4.74 Å². The molecule has 184 valence electrons. The highest BCUT2D eigenvalue weighted by Crippen LogP contribution is 2.28. The van der Waals surface area contributed by atoms with Gasteiger partial charge in [0.15, 0.2) is 0 Å². The zero-order valence-electron chi connectivity index (χ0n) is 20.7. The molecule has 1 fully saturated rings. The van der Waals surface area contributed by atoms with Gasteiger partial charge in [-0.3, -0.25) is 4.79 Å². The molecule has 2 aromatic carbocycles. The number of benzene rings is 2. The van der Waals surface area contributed by atoms with Crippen molar-refractivity contribution in [1.29, 1.82) is 0 Å². The second-order valence-corrected chi connectivity index (χ2v) is 8.58. The van der Waals surface area contributed by atoms with Crippen LogP contribution in [0.25, 0.3) is 0 Å². The molecule has 1 saturated heterocycles. The van der Waals surface area contributed by atoms with Gasteiger partial charge in [0.25, 0.3) is 5.91 Å². The highest BCUT2D eigenvalue weighted by atomic mass is 16.5. The van der Waals surface area contributed by atoms with E-state index < -0.39 is 0 Å². The normalized spacial score (nSPS) is 15.8. The standard InChI is InChI=1S/C27H38N4O3/c1-4-30(5-2)18-16-28-26(32)22-10-7-9-21(19-22)23-11-8-17-31(20-23)27(33)29-24-12-14-25(15-13-24)34-6-3/h7,9-10,12-15,19,23H,4-6,8,11,16-18,20H2,1-3H3,(H,28,32)(H,29,33)/t23-/m0/s1. The maximum absolute atomic E-state index is 12.9. The highest BCUT2D eigenvalue weighted by molar-refractivity contribution is 5.94. The van der Waals surface area contributed by atoms with Crippen molar-refractivity contribution in [2.24, 2.45) is 0 Å². The van der Waals surface area contributed by atoms with Gasteiger partial charge < -0.3 is 25.2 Å². The van der Waals surface area contributed by atoms with Gasteiger partial charge in [-0.15, -0.1) is 0 Å². The first-order chi connectivity index (χ1) is 16.5. The monoisotopic (exact) mass is 466 g/mol. The van der Waals surface area contributed by atoms with E-state index in [1.165, 1.54) is 0 Å². The fourth-order valence-corrected chi connectivity index (χ4v) is 4.34. The quantitative estimate of drug-likeness (QED) is 0.538. The molecule has 1 aliphatic heterocycles. The molecule has 7 heteroatoms. The number of carbonyl (C=O) groups excluding carboxylic acids is 2. The van der Waals surface area contributed by atoms with Gasteiger partial charge in [-0.25, -0.2) is 4.79 Å². The lowest BCUT2D eigenvalue weighted by Gasteiger charge is -2.33. The van der Waals surface area contributed by atoms with Crippen molar-refractivity contribution in [2.45, 2.75) is 39.5 Å². The Kier molecular flexibility index (Phi) is 9.76.